The van der Waals surface area contributed by atoms with Crippen LogP contribution in [0.3, 0.4) is 0 Å². The first-order chi connectivity index (χ1) is 11.2. The van der Waals surface area contributed by atoms with Crippen molar-refractivity contribution in [3.8, 4) is 0 Å². The zero-order valence-electron chi connectivity index (χ0n) is 13.1. The van der Waals surface area contributed by atoms with Crippen LogP contribution in [-0.4, -0.2) is 35.0 Å². The number of aliphatic hydroxyl groups excluding tert-OH is 1. The van der Waals surface area contributed by atoms with Crippen LogP contribution < -0.4 is 5.32 Å². The van der Waals surface area contributed by atoms with Crippen molar-refractivity contribution in [2.75, 3.05) is 13.1 Å². The Bertz CT molecular complexity index is 617. The number of nitrogens with zero attached hydrogens (tertiary/aromatic N) is 1. The van der Waals surface area contributed by atoms with Gasteiger partial charge in [-0.3, -0.25) is 9.69 Å². The Morgan fingerprint density at radius 2 is 1.87 bits per heavy atom. The zero-order chi connectivity index (χ0) is 16.1. The van der Waals surface area contributed by atoms with E-state index in [1.54, 1.807) is 11.3 Å². The van der Waals surface area contributed by atoms with E-state index in [9.17, 15) is 4.79 Å². The molecule has 0 unspecified atom stereocenters. The lowest BCUT2D eigenvalue weighted by molar-refractivity contribution is 0.0909. The number of nitrogens with one attached hydrogen (secondary N) is 1. The molecule has 0 radical (unpaired) electrons. The Balaban J connectivity index is 1.45. The lowest BCUT2D eigenvalue weighted by Gasteiger charge is -2.32. The largest absolute Gasteiger partial charge is 0.392 e. The summed E-state index contributed by atoms with van der Waals surface area (Å²) in [5, 5.41) is 16.0. The summed E-state index contributed by atoms with van der Waals surface area (Å²) in [6.45, 7) is 3.01. The molecule has 1 aliphatic heterocycles. The van der Waals surface area contributed by atoms with Crippen LogP contribution in [0.4, 0.5) is 0 Å². The summed E-state index contributed by atoms with van der Waals surface area (Å²) < 4.78 is 0. The summed E-state index contributed by atoms with van der Waals surface area (Å²) in [7, 11) is 0. The van der Waals surface area contributed by atoms with Gasteiger partial charge in [0.15, 0.2) is 0 Å². The number of carbonyl (C=O) groups excluding carboxylic acids is 1. The molecule has 4 nitrogen and oxygen atoms in total. The molecule has 1 aromatic heterocycles. The molecule has 5 heteroatoms. The molecule has 1 fully saturated rings. The van der Waals surface area contributed by atoms with Gasteiger partial charge in [0.1, 0.15) is 0 Å². The van der Waals surface area contributed by atoms with Gasteiger partial charge >= 0.3 is 0 Å². The maximum absolute atomic E-state index is 12.1. The van der Waals surface area contributed by atoms with E-state index in [2.05, 4.69) is 22.3 Å². The van der Waals surface area contributed by atoms with Crippen LogP contribution in [0.25, 0.3) is 0 Å². The Kier molecular flexibility index (Phi) is 5.43. The molecule has 1 amide bonds. The van der Waals surface area contributed by atoms with Gasteiger partial charge in [-0.25, -0.2) is 0 Å². The maximum atomic E-state index is 12.1. The first kappa shape index (κ1) is 16.2. The summed E-state index contributed by atoms with van der Waals surface area (Å²) in [6, 6.07) is 10.2. The molecule has 1 saturated heterocycles. The second-order valence-corrected chi connectivity index (χ2v) is 6.79. The second-order valence-electron chi connectivity index (χ2n) is 6.01. The number of likely N-dealkylation sites (tertiary alicyclic amines) is 1. The normalized spacial score (nSPS) is 16.4. The molecule has 0 aliphatic carbocycles. The van der Waals surface area contributed by atoms with Crippen molar-refractivity contribution >= 4 is 17.2 Å². The van der Waals surface area contributed by atoms with Crippen LogP contribution in [0, 0.1) is 0 Å². The van der Waals surface area contributed by atoms with Crippen molar-refractivity contribution < 1.29 is 9.90 Å². The van der Waals surface area contributed by atoms with Crippen LogP contribution in [0.2, 0.25) is 0 Å². The van der Waals surface area contributed by atoms with E-state index in [0.717, 1.165) is 43.6 Å². The van der Waals surface area contributed by atoms with E-state index in [-0.39, 0.29) is 18.6 Å². The average molecular weight is 330 g/mol. The highest BCUT2D eigenvalue weighted by Crippen LogP contribution is 2.15. The molecule has 1 aromatic carbocycles. The fourth-order valence-corrected chi connectivity index (χ4v) is 3.54. The predicted molar refractivity (Wildman–Crippen MR) is 92.4 cm³/mol. The summed E-state index contributed by atoms with van der Waals surface area (Å²) in [5.74, 6) is 0.0456. The van der Waals surface area contributed by atoms with Crippen molar-refractivity contribution in [3.05, 3.63) is 57.8 Å². The molecule has 0 atom stereocenters. The summed E-state index contributed by atoms with van der Waals surface area (Å²) in [5.41, 5.74) is 2.98. The first-order valence-corrected chi connectivity index (χ1v) is 8.93. The molecule has 0 bridgehead atoms. The SMILES string of the molecule is O=C(NC1CCN(Cc2ccc(CO)cc2)CC1)c1ccsc1. The Morgan fingerprint density at radius 3 is 2.48 bits per heavy atom. The van der Waals surface area contributed by atoms with Crippen LogP contribution in [0.1, 0.15) is 34.3 Å². The minimum atomic E-state index is 0.0456. The standard InChI is InChI=1S/C18H22N2O2S/c21-12-15-3-1-14(2-4-15)11-20-8-5-17(6-9-20)19-18(22)16-7-10-23-13-16/h1-4,7,10,13,17,21H,5-6,8-9,11-12H2,(H,19,22). The van der Waals surface area contributed by atoms with E-state index in [0.29, 0.717) is 0 Å². The molecule has 0 spiro atoms. The monoisotopic (exact) mass is 330 g/mol. The highest BCUT2D eigenvalue weighted by molar-refractivity contribution is 7.08. The van der Waals surface area contributed by atoms with Crippen LogP contribution in [0.15, 0.2) is 41.1 Å². The number of piperidine rings is 1. The summed E-state index contributed by atoms with van der Waals surface area (Å²) in [6.07, 6.45) is 1.98. The summed E-state index contributed by atoms with van der Waals surface area (Å²) >= 11 is 1.55. The molecule has 3 rings (SSSR count). The number of benzene rings is 1. The zero-order valence-corrected chi connectivity index (χ0v) is 13.9. The van der Waals surface area contributed by atoms with E-state index >= 15 is 0 Å². The first-order valence-electron chi connectivity index (χ1n) is 7.98. The molecular weight excluding hydrogens is 308 g/mol. The number of hydrogen-bond acceptors (Lipinski definition) is 4. The van der Waals surface area contributed by atoms with Gasteiger partial charge in [0.2, 0.25) is 0 Å². The van der Waals surface area contributed by atoms with E-state index in [4.69, 9.17) is 5.11 Å². The number of aliphatic hydroxyl groups is 1. The van der Waals surface area contributed by atoms with E-state index in [1.807, 2.05) is 29.0 Å². The van der Waals surface area contributed by atoms with Crippen molar-refractivity contribution in [1.82, 2.24) is 10.2 Å². The fourth-order valence-electron chi connectivity index (χ4n) is 2.91. The summed E-state index contributed by atoms with van der Waals surface area (Å²) in [4.78, 5) is 14.5. The smallest absolute Gasteiger partial charge is 0.252 e. The highest BCUT2D eigenvalue weighted by Gasteiger charge is 2.21. The maximum Gasteiger partial charge on any atom is 0.252 e. The van der Waals surface area contributed by atoms with Crippen molar-refractivity contribution in [3.63, 3.8) is 0 Å². The number of rotatable bonds is 5. The number of thiophene rings is 1. The molecule has 2 aromatic rings. The lowest BCUT2D eigenvalue weighted by atomic mass is 10.0. The third-order valence-electron chi connectivity index (χ3n) is 4.32. The molecule has 1 aliphatic rings. The van der Waals surface area contributed by atoms with Crippen LogP contribution in [0.5, 0.6) is 0 Å². The van der Waals surface area contributed by atoms with Crippen molar-refractivity contribution in [1.29, 1.82) is 0 Å². The fraction of sp³-hybridized carbons (Fsp3) is 0.389. The number of amides is 1. The predicted octanol–water partition coefficient (Wildman–Crippen LogP) is 2.63. The van der Waals surface area contributed by atoms with Gasteiger partial charge in [-0.2, -0.15) is 11.3 Å². The molecule has 122 valence electrons. The van der Waals surface area contributed by atoms with Gasteiger partial charge in [-0.1, -0.05) is 24.3 Å². The van der Waals surface area contributed by atoms with E-state index < -0.39 is 0 Å². The van der Waals surface area contributed by atoms with Crippen LogP contribution in [-0.2, 0) is 13.2 Å². The third kappa shape index (κ3) is 4.41. The average Bonchev–Trinajstić information content (AvgIpc) is 3.12. The molecule has 23 heavy (non-hydrogen) atoms. The van der Waals surface area contributed by atoms with Crippen LogP contribution >= 0.6 is 11.3 Å². The highest BCUT2D eigenvalue weighted by atomic mass is 32.1. The minimum Gasteiger partial charge on any atom is -0.392 e. The molecule has 0 saturated carbocycles. The van der Waals surface area contributed by atoms with Gasteiger partial charge in [0.25, 0.3) is 5.91 Å². The second kappa shape index (κ2) is 7.73. The van der Waals surface area contributed by atoms with Gasteiger partial charge < -0.3 is 10.4 Å². The van der Waals surface area contributed by atoms with Gasteiger partial charge in [-0.15, -0.1) is 0 Å². The van der Waals surface area contributed by atoms with E-state index in [1.165, 1.54) is 5.56 Å². The number of hydrogen-bond donors (Lipinski definition) is 2. The third-order valence-corrected chi connectivity index (χ3v) is 5.00. The quantitative estimate of drug-likeness (QED) is 0.886. The number of carbonyl (C=O) groups is 1. The van der Waals surface area contributed by atoms with Crippen molar-refractivity contribution in [2.24, 2.45) is 0 Å². The Hall–Kier alpha value is -1.69. The molecule has 2 heterocycles. The molecular formula is C18H22N2O2S. The Morgan fingerprint density at radius 1 is 1.17 bits per heavy atom. The lowest BCUT2D eigenvalue weighted by Crippen LogP contribution is -2.44. The minimum absolute atomic E-state index is 0.0456. The Labute approximate surface area is 140 Å². The van der Waals surface area contributed by atoms with Crippen molar-refractivity contribution in [2.45, 2.75) is 32.0 Å². The van der Waals surface area contributed by atoms with Gasteiger partial charge in [0.05, 0.1) is 6.61 Å². The topological polar surface area (TPSA) is 52.6 Å². The van der Waals surface area contributed by atoms with Gasteiger partial charge in [0, 0.05) is 36.6 Å². The molecule has 2 N–H and O–H groups in total. The van der Waals surface area contributed by atoms with Gasteiger partial charge in [-0.05, 0) is 35.4 Å².